The van der Waals surface area contributed by atoms with Gasteiger partial charge in [-0.2, -0.15) is 5.26 Å². The zero-order chi connectivity index (χ0) is 15.9. The average Bonchev–Trinajstić information content (AvgIpc) is 2.76. The van der Waals surface area contributed by atoms with Crippen molar-refractivity contribution in [1.82, 2.24) is 4.31 Å². The molecule has 1 aliphatic rings. The third-order valence-corrected chi connectivity index (χ3v) is 5.18. The second-order valence-corrected chi connectivity index (χ2v) is 7.74. The molecule has 1 rings (SSSR count). The number of rotatable bonds is 5. The Morgan fingerprint density at radius 2 is 2.33 bits per heavy atom. The number of carbonyl (C=O) groups is 2. The first-order valence-corrected chi connectivity index (χ1v) is 8.36. The highest BCUT2D eigenvalue weighted by Gasteiger charge is 2.40. The first-order chi connectivity index (χ1) is 9.89. The molecule has 0 N–H and O–H groups in total. The van der Waals surface area contributed by atoms with Crippen molar-refractivity contribution in [2.45, 2.75) is 44.3 Å². The topological polar surface area (TPSA) is 82.8 Å². The van der Waals surface area contributed by atoms with Gasteiger partial charge in [-0.05, 0) is 38.6 Å². The molecule has 1 fully saturated rings. The average molecular weight is 329 g/mol. The molecule has 0 saturated heterocycles. The molecule has 0 spiro atoms. The van der Waals surface area contributed by atoms with Crippen molar-refractivity contribution in [1.29, 1.82) is 5.26 Å². The van der Waals surface area contributed by atoms with Crippen molar-refractivity contribution in [2.75, 3.05) is 12.8 Å². The van der Waals surface area contributed by atoms with Gasteiger partial charge in [0, 0.05) is 25.6 Å². The van der Waals surface area contributed by atoms with Gasteiger partial charge in [-0.1, -0.05) is 5.16 Å². The Bertz CT molecular complexity index is 476. The van der Waals surface area contributed by atoms with Crippen LogP contribution in [-0.2, 0) is 9.63 Å². The third kappa shape index (κ3) is 5.59. The SMILES string of the molecule is C/C(=N\OC(=O)N(C)SC1(C)CCCC1=O)SCCC#N. The molecule has 116 valence electrons. The van der Waals surface area contributed by atoms with Crippen molar-refractivity contribution >= 4 is 40.6 Å². The van der Waals surface area contributed by atoms with E-state index >= 15 is 0 Å². The van der Waals surface area contributed by atoms with Gasteiger partial charge in [0.1, 0.15) is 10.8 Å². The summed E-state index contributed by atoms with van der Waals surface area (Å²) in [7, 11) is 1.57. The van der Waals surface area contributed by atoms with Gasteiger partial charge in [0.2, 0.25) is 0 Å². The second-order valence-electron chi connectivity index (χ2n) is 4.82. The van der Waals surface area contributed by atoms with Gasteiger partial charge in [0.15, 0.2) is 0 Å². The van der Waals surface area contributed by atoms with Crippen LogP contribution in [0.4, 0.5) is 4.79 Å². The molecule has 1 amide bonds. The highest BCUT2D eigenvalue weighted by Crippen LogP contribution is 2.39. The molecule has 8 heteroatoms. The largest absolute Gasteiger partial charge is 0.445 e. The fraction of sp³-hybridized carbons (Fsp3) is 0.692. The molecule has 0 aliphatic heterocycles. The van der Waals surface area contributed by atoms with Gasteiger partial charge in [-0.25, -0.2) is 4.79 Å². The Hall–Kier alpha value is -1.20. The van der Waals surface area contributed by atoms with Crippen molar-refractivity contribution in [3.63, 3.8) is 0 Å². The molecular weight excluding hydrogens is 310 g/mol. The minimum Gasteiger partial charge on any atom is -0.298 e. The number of thioether (sulfide) groups is 1. The molecule has 0 aromatic heterocycles. The van der Waals surface area contributed by atoms with Crippen LogP contribution in [0.1, 0.15) is 39.5 Å². The van der Waals surface area contributed by atoms with Crippen LogP contribution < -0.4 is 0 Å². The smallest absolute Gasteiger partial charge is 0.298 e. The van der Waals surface area contributed by atoms with E-state index in [0.29, 0.717) is 23.6 Å². The van der Waals surface area contributed by atoms with Crippen LogP contribution in [0.3, 0.4) is 0 Å². The number of Topliss-reactive ketones (excluding diaryl/α,β-unsaturated/α-hetero) is 1. The molecule has 1 unspecified atom stereocenters. The van der Waals surface area contributed by atoms with Crippen molar-refractivity contribution in [3.05, 3.63) is 0 Å². The lowest BCUT2D eigenvalue weighted by molar-refractivity contribution is -0.119. The summed E-state index contributed by atoms with van der Waals surface area (Å²) >= 11 is 2.55. The van der Waals surface area contributed by atoms with Crippen molar-refractivity contribution in [2.24, 2.45) is 5.16 Å². The zero-order valence-corrected chi connectivity index (χ0v) is 14.1. The van der Waals surface area contributed by atoms with E-state index in [0.717, 1.165) is 12.8 Å². The Morgan fingerprint density at radius 3 is 2.90 bits per heavy atom. The highest BCUT2D eigenvalue weighted by molar-refractivity contribution is 8.13. The molecular formula is C13H19N3O3S2. The van der Waals surface area contributed by atoms with E-state index in [1.54, 1.807) is 14.0 Å². The Labute approximate surface area is 133 Å². The summed E-state index contributed by atoms with van der Waals surface area (Å²) in [5.74, 6) is 0.777. The van der Waals surface area contributed by atoms with Crippen molar-refractivity contribution < 1.29 is 14.4 Å². The number of hydrogen-bond acceptors (Lipinski definition) is 7. The van der Waals surface area contributed by atoms with E-state index in [-0.39, 0.29) is 5.78 Å². The third-order valence-electron chi connectivity index (χ3n) is 3.02. The molecule has 0 heterocycles. The number of nitrogens with zero attached hydrogens (tertiary/aromatic N) is 3. The van der Waals surface area contributed by atoms with E-state index in [9.17, 15) is 9.59 Å². The summed E-state index contributed by atoms with van der Waals surface area (Å²) in [5, 5.41) is 12.7. The van der Waals surface area contributed by atoms with Crippen LogP contribution in [0.5, 0.6) is 0 Å². The Morgan fingerprint density at radius 1 is 1.62 bits per heavy atom. The van der Waals surface area contributed by atoms with Crippen LogP contribution in [0.2, 0.25) is 0 Å². The fourth-order valence-corrected chi connectivity index (χ4v) is 3.59. The van der Waals surface area contributed by atoms with Crippen LogP contribution >= 0.6 is 23.7 Å². The minimum atomic E-state index is -0.610. The summed E-state index contributed by atoms with van der Waals surface area (Å²) in [6, 6.07) is 2.03. The first-order valence-electron chi connectivity index (χ1n) is 6.60. The van der Waals surface area contributed by atoms with Crippen LogP contribution in [0.15, 0.2) is 5.16 Å². The normalized spacial score (nSPS) is 22.0. The molecule has 21 heavy (non-hydrogen) atoms. The summed E-state index contributed by atoms with van der Waals surface area (Å²) in [6.45, 7) is 3.56. The number of carbonyl (C=O) groups excluding carboxylic acids is 2. The summed E-state index contributed by atoms with van der Waals surface area (Å²) in [5.41, 5.74) is 0. The Kier molecular flexibility index (Phi) is 7.05. The minimum absolute atomic E-state index is 0.166. The lowest BCUT2D eigenvalue weighted by Gasteiger charge is -2.25. The number of amides is 1. The Balaban J connectivity index is 2.43. The molecule has 6 nitrogen and oxygen atoms in total. The van der Waals surface area contributed by atoms with Crippen LogP contribution in [0.25, 0.3) is 0 Å². The maximum atomic E-state index is 11.8. The van der Waals surface area contributed by atoms with Gasteiger partial charge in [0.05, 0.1) is 10.8 Å². The van der Waals surface area contributed by atoms with E-state index in [4.69, 9.17) is 10.1 Å². The van der Waals surface area contributed by atoms with E-state index in [2.05, 4.69) is 5.16 Å². The maximum Gasteiger partial charge on any atom is 0.445 e. The second kappa shape index (κ2) is 8.29. The lowest BCUT2D eigenvalue weighted by Crippen LogP contribution is -2.33. The molecule has 0 bridgehead atoms. The first kappa shape index (κ1) is 17.9. The molecule has 0 aromatic rings. The number of hydrogen-bond donors (Lipinski definition) is 0. The highest BCUT2D eigenvalue weighted by atomic mass is 32.2. The summed E-state index contributed by atoms with van der Waals surface area (Å²) in [4.78, 5) is 28.5. The lowest BCUT2D eigenvalue weighted by atomic mass is 10.1. The predicted molar refractivity (Wildman–Crippen MR) is 84.9 cm³/mol. The quantitative estimate of drug-likeness (QED) is 0.192. The maximum absolute atomic E-state index is 11.8. The standard InChI is InChI=1S/C13H19N3O3S2/c1-10(20-9-5-8-14)15-19-12(18)16(3)21-13(2)7-4-6-11(13)17/h4-7,9H2,1-3H3/b15-10+. The van der Waals surface area contributed by atoms with Gasteiger partial charge in [-0.3, -0.25) is 13.9 Å². The molecule has 1 aliphatic carbocycles. The fourth-order valence-electron chi connectivity index (χ4n) is 1.86. The molecule has 0 aromatic carbocycles. The van der Waals surface area contributed by atoms with E-state index < -0.39 is 10.8 Å². The van der Waals surface area contributed by atoms with Gasteiger partial charge >= 0.3 is 6.09 Å². The predicted octanol–water partition coefficient (Wildman–Crippen LogP) is 3.19. The van der Waals surface area contributed by atoms with E-state index in [1.165, 1.54) is 28.0 Å². The zero-order valence-electron chi connectivity index (χ0n) is 12.4. The van der Waals surface area contributed by atoms with E-state index in [1.807, 2.05) is 13.0 Å². The van der Waals surface area contributed by atoms with Crippen LogP contribution in [0, 0.1) is 11.3 Å². The molecule has 1 atom stereocenters. The number of nitriles is 1. The number of ketones is 1. The molecule has 1 saturated carbocycles. The summed E-state index contributed by atoms with van der Waals surface area (Å²) in [6.07, 6.45) is 2.00. The molecule has 0 radical (unpaired) electrons. The van der Waals surface area contributed by atoms with Crippen LogP contribution in [-0.4, -0.2) is 38.8 Å². The van der Waals surface area contributed by atoms with Gasteiger partial charge < -0.3 is 0 Å². The van der Waals surface area contributed by atoms with Gasteiger partial charge in [0.25, 0.3) is 0 Å². The monoisotopic (exact) mass is 329 g/mol. The van der Waals surface area contributed by atoms with Crippen molar-refractivity contribution in [3.8, 4) is 6.07 Å². The summed E-state index contributed by atoms with van der Waals surface area (Å²) < 4.78 is 0.758. The number of oxime groups is 1. The van der Waals surface area contributed by atoms with Gasteiger partial charge in [-0.15, -0.1) is 11.8 Å².